The van der Waals surface area contributed by atoms with Crippen molar-refractivity contribution in [3.05, 3.63) is 39.5 Å². The largest absolute Gasteiger partial charge is 0.423 e. The van der Waals surface area contributed by atoms with Crippen LogP contribution in [0.3, 0.4) is 0 Å². The Hall–Kier alpha value is -2.93. The molecule has 2 aliphatic heterocycles. The van der Waals surface area contributed by atoms with E-state index in [0.717, 1.165) is 6.20 Å². The summed E-state index contributed by atoms with van der Waals surface area (Å²) in [5.74, 6) is 0.515. The molecule has 0 spiro atoms. The van der Waals surface area contributed by atoms with Crippen LogP contribution in [0.2, 0.25) is 5.02 Å². The fourth-order valence-corrected chi connectivity index (χ4v) is 4.31. The summed E-state index contributed by atoms with van der Waals surface area (Å²) in [6.45, 7) is 5.58. The molecule has 1 atom stereocenters. The third-order valence-electron chi connectivity index (χ3n) is 5.86. The predicted molar refractivity (Wildman–Crippen MR) is 119 cm³/mol. The summed E-state index contributed by atoms with van der Waals surface area (Å²) in [7, 11) is 0. The zero-order valence-electron chi connectivity index (χ0n) is 18.3. The van der Waals surface area contributed by atoms with Crippen molar-refractivity contribution < 1.29 is 18.0 Å². The Bertz CT molecular complexity index is 1070. The first-order valence-corrected chi connectivity index (χ1v) is 11.1. The van der Waals surface area contributed by atoms with Crippen LogP contribution in [-0.2, 0) is 11.0 Å². The van der Waals surface area contributed by atoms with Crippen molar-refractivity contribution in [1.82, 2.24) is 30.0 Å². The maximum absolute atomic E-state index is 13.2. The van der Waals surface area contributed by atoms with Crippen LogP contribution in [-0.4, -0.2) is 87.7 Å². The SMILES string of the molecule is C[C@@H](CN1CC(C(=O)N2CCN(c3ncc(Cl)cn3)CC2)C1)Nc1cn[nH]c(=O)c1C(F)(F)F. The number of aromatic nitrogens is 4. The van der Waals surface area contributed by atoms with Crippen LogP contribution >= 0.6 is 11.6 Å². The van der Waals surface area contributed by atoms with Gasteiger partial charge in [-0.1, -0.05) is 11.6 Å². The quantitative estimate of drug-likeness (QED) is 0.611. The number of likely N-dealkylation sites (tertiary alicyclic amines) is 1. The van der Waals surface area contributed by atoms with E-state index in [1.807, 2.05) is 19.8 Å². The number of hydrogen-bond acceptors (Lipinski definition) is 8. The molecule has 0 radical (unpaired) electrons. The maximum atomic E-state index is 13.2. The van der Waals surface area contributed by atoms with E-state index in [1.54, 1.807) is 6.92 Å². The summed E-state index contributed by atoms with van der Waals surface area (Å²) in [5, 5.41) is 8.46. The second kappa shape index (κ2) is 9.74. The topological polar surface area (TPSA) is 110 Å². The number of rotatable bonds is 6. The zero-order chi connectivity index (χ0) is 24.5. The second-order valence-electron chi connectivity index (χ2n) is 8.46. The summed E-state index contributed by atoms with van der Waals surface area (Å²) < 4.78 is 39.6. The van der Waals surface area contributed by atoms with E-state index in [9.17, 15) is 22.8 Å². The molecule has 2 aliphatic rings. The smallest absolute Gasteiger partial charge is 0.379 e. The van der Waals surface area contributed by atoms with Gasteiger partial charge >= 0.3 is 6.18 Å². The van der Waals surface area contributed by atoms with Gasteiger partial charge in [0.1, 0.15) is 5.56 Å². The number of halogens is 4. The number of H-pyrrole nitrogens is 1. The van der Waals surface area contributed by atoms with Crippen molar-refractivity contribution in [2.75, 3.05) is 56.0 Å². The number of hydrogen-bond donors (Lipinski definition) is 2. The summed E-state index contributed by atoms with van der Waals surface area (Å²) in [5.41, 5.74) is -2.95. The Balaban J connectivity index is 1.23. The van der Waals surface area contributed by atoms with Gasteiger partial charge in [-0.25, -0.2) is 15.1 Å². The Kier molecular flexibility index (Phi) is 6.94. The molecule has 10 nitrogen and oxygen atoms in total. The zero-order valence-corrected chi connectivity index (χ0v) is 19.1. The molecule has 2 aromatic heterocycles. The second-order valence-corrected chi connectivity index (χ2v) is 8.90. The summed E-state index contributed by atoms with van der Waals surface area (Å²) in [4.78, 5) is 38.7. The normalized spacial score (nSPS) is 18.5. The highest BCUT2D eigenvalue weighted by Gasteiger charge is 2.39. The van der Waals surface area contributed by atoms with Gasteiger partial charge in [0.05, 0.1) is 35.2 Å². The first-order valence-electron chi connectivity index (χ1n) is 10.8. The molecule has 0 unspecified atom stereocenters. The molecule has 0 aliphatic carbocycles. The van der Waals surface area contributed by atoms with E-state index in [-0.39, 0.29) is 23.6 Å². The molecule has 1 amide bonds. The van der Waals surface area contributed by atoms with Gasteiger partial charge in [0.15, 0.2) is 0 Å². The van der Waals surface area contributed by atoms with Gasteiger partial charge in [-0.15, -0.1) is 0 Å². The number of alkyl halides is 3. The van der Waals surface area contributed by atoms with Crippen LogP contribution in [0.5, 0.6) is 0 Å². The van der Waals surface area contributed by atoms with Crippen molar-refractivity contribution in [3.8, 4) is 0 Å². The highest BCUT2D eigenvalue weighted by atomic mass is 35.5. The van der Waals surface area contributed by atoms with Gasteiger partial charge in [-0.2, -0.15) is 18.3 Å². The number of carbonyl (C=O) groups excluding carboxylic acids is 1. The highest BCUT2D eigenvalue weighted by molar-refractivity contribution is 6.30. The summed E-state index contributed by atoms with van der Waals surface area (Å²) in [6, 6.07) is -0.385. The first kappa shape index (κ1) is 24.2. The summed E-state index contributed by atoms with van der Waals surface area (Å²) >= 11 is 5.82. The maximum Gasteiger partial charge on any atom is 0.423 e. The number of nitrogens with one attached hydrogen (secondary N) is 2. The monoisotopic (exact) mass is 500 g/mol. The van der Waals surface area contributed by atoms with E-state index < -0.39 is 17.3 Å². The van der Waals surface area contributed by atoms with Crippen molar-refractivity contribution in [3.63, 3.8) is 0 Å². The van der Waals surface area contributed by atoms with Crippen molar-refractivity contribution >= 4 is 29.1 Å². The van der Waals surface area contributed by atoms with Crippen molar-refractivity contribution in [2.45, 2.75) is 19.1 Å². The minimum Gasteiger partial charge on any atom is -0.379 e. The number of carbonyl (C=O) groups is 1. The lowest BCUT2D eigenvalue weighted by molar-refractivity contribution is -0.141. The molecular weight excluding hydrogens is 477 g/mol. The Labute approximate surface area is 198 Å². The minimum atomic E-state index is -4.80. The van der Waals surface area contributed by atoms with Crippen LogP contribution in [0.15, 0.2) is 23.4 Å². The lowest BCUT2D eigenvalue weighted by Gasteiger charge is -2.43. The van der Waals surface area contributed by atoms with E-state index >= 15 is 0 Å². The Morgan fingerprint density at radius 1 is 1.21 bits per heavy atom. The van der Waals surface area contributed by atoms with Crippen molar-refractivity contribution in [2.24, 2.45) is 5.92 Å². The third-order valence-corrected chi connectivity index (χ3v) is 6.06. The molecule has 184 valence electrons. The van der Waals surface area contributed by atoms with Crippen molar-refractivity contribution in [1.29, 1.82) is 0 Å². The van der Waals surface area contributed by atoms with Gasteiger partial charge < -0.3 is 15.1 Å². The number of anilines is 2. The highest BCUT2D eigenvalue weighted by Crippen LogP contribution is 2.31. The fourth-order valence-electron chi connectivity index (χ4n) is 4.22. The number of amides is 1. The van der Waals surface area contributed by atoms with Crippen LogP contribution < -0.4 is 15.8 Å². The molecular formula is C20H24ClF3N8O2. The molecule has 4 rings (SSSR count). The number of piperazine rings is 1. The molecule has 2 fully saturated rings. The lowest BCUT2D eigenvalue weighted by atomic mass is 9.97. The Morgan fingerprint density at radius 3 is 2.47 bits per heavy atom. The van der Waals surface area contributed by atoms with E-state index in [0.29, 0.717) is 56.8 Å². The van der Waals surface area contributed by atoms with Gasteiger partial charge in [0.25, 0.3) is 5.56 Å². The van der Waals surface area contributed by atoms with E-state index in [4.69, 9.17) is 11.6 Å². The number of nitrogens with zero attached hydrogens (tertiary/aromatic N) is 6. The standard InChI is InChI=1S/C20H24ClF3N8O2/c1-12(28-15-8-27-29-17(33)16(15)20(22,23)24)9-30-10-13(11-30)18(34)31-2-4-32(5-3-31)19-25-6-14(21)7-26-19/h6-8,12-13H,2-5,9-11H2,1H3,(H2,28,29,33)/t12-/m0/s1. The molecule has 0 saturated carbocycles. The van der Waals surface area contributed by atoms with Crippen LogP contribution in [0.25, 0.3) is 0 Å². The average molecular weight is 501 g/mol. The predicted octanol–water partition coefficient (Wildman–Crippen LogP) is 1.31. The van der Waals surface area contributed by atoms with E-state index in [1.165, 1.54) is 12.4 Å². The van der Waals surface area contributed by atoms with Crippen LogP contribution in [0, 0.1) is 5.92 Å². The first-order chi connectivity index (χ1) is 16.1. The molecule has 0 aromatic carbocycles. The van der Waals surface area contributed by atoms with Gasteiger partial charge in [0.2, 0.25) is 11.9 Å². The summed E-state index contributed by atoms with van der Waals surface area (Å²) in [6.07, 6.45) is -0.762. The fraction of sp³-hybridized carbons (Fsp3) is 0.550. The number of aromatic amines is 1. The van der Waals surface area contributed by atoms with Crippen LogP contribution in [0.1, 0.15) is 12.5 Å². The lowest BCUT2D eigenvalue weighted by Crippen LogP contribution is -2.59. The van der Waals surface area contributed by atoms with Gasteiger partial charge in [-0.05, 0) is 6.92 Å². The average Bonchev–Trinajstić information content (AvgIpc) is 2.75. The molecule has 34 heavy (non-hydrogen) atoms. The molecule has 2 saturated heterocycles. The molecule has 14 heteroatoms. The van der Waals surface area contributed by atoms with Gasteiger partial charge in [0, 0.05) is 51.9 Å². The molecule has 2 aromatic rings. The minimum absolute atomic E-state index is 0.0756. The molecule has 4 heterocycles. The van der Waals surface area contributed by atoms with E-state index in [2.05, 4.69) is 20.4 Å². The molecule has 2 N–H and O–H groups in total. The van der Waals surface area contributed by atoms with Gasteiger partial charge in [-0.3, -0.25) is 14.5 Å². The Morgan fingerprint density at radius 2 is 1.85 bits per heavy atom. The third kappa shape index (κ3) is 5.41. The van der Waals surface area contributed by atoms with Crippen LogP contribution in [0.4, 0.5) is 24.8 Å². The molecule has 0 bridgehead atoms.